The van der Waals surface area contributed by atoms with Crippen molar-refractivity contribution in [1.29, 1.82) is 0 Å². The third kappa shape index (κ3) is 2.54. The van der Waals surface area contributed by atoms with E-state index < -0.39 is 7.60 Å². The van der Waals surface area contributed by atoms with Crippen molar-refractivity contribution in [2.45, 2.75) is 33.6 Å². The van der Waals surface area contributed by atoms with Gasteiger partial charge in [-0.05, 0) is 19.3 Å². The summed E-state index contributed by atoms with van der Waals surface area (Å²) in [5, 5.41) is 0.689. The SMILES string of the molecule is CCC(=O)[C@H]1CC(C)=C(P(=O)(OC)OC)[C@@H]1C. The number of Topliss-reactive ketones (excluding diaryl/α,β-unsaturated/α-hetero) is 1. The molecule has 5 heteroatoms. The molecule has 1 aliphatic rings. The van der Waals surface area contributed by atoms with Crippen LogP contribution in [0.3, 0.4) is 0 Å². The Balaban J connectivity index is 3.06. The number of rotatable bonds is 5. The zero-order chi connectivity index (χ0) is 13.2. The molecule has 0 amide bonds. The average molecular weight is 260 g/mol. The van der Waals surface area contributed by atoms with Crippen LogP contribution in [0.4, 0.5) is 0 Å². The smallest absolute Gasteiger partial charge is 0.309 e. The summed E-state index contributed by atoms with van der Waals surface area (Å²) in [5.41, 5.74) is 0.969. The van der Waals surface area contributed by atoms with E-state index in [4.69, 9.17) is 9.05 Å². The first-order valence-corrected chi connectivity index (χ1v) is 7.40. The molecule has 0 unspecified atom stereocenters. The largest absolute Gasteiger partial charge is 0.357 e. The molecule has 0 N–H and O–H groups in total. The third-order valence-corrected chi connectivity index (χ3v) is 5.88. The molecule has 4 nitrogen and oxygen atoms in total. The average Bonchev–Trinajstić information content (AvgIpc) is 2.63. The number of carbonyl (C=O) groups is 1. The lowest BCUT2D eigenvalue weighted by Crippen LogP contribution is -2.18. The second-order valence-corrected chi connectivity index (χ2v) is 6.65. The predicted molar refractivity (Wildman–Crippen MR) is 66.9 cm³/mol. The van der Waals surface area contributed by atoms with Crippen LogP contribution in [0.5, 0.6) is 0 Å². The van der Waals surface area contributed by atoms with Crippen LogP contribution in [0.25, 0.3) is 0 Å². The van der Waals surface area contributed by atoms with Crippen molar-refractivity contribution in [3.63, 3.8) is 0 Å². The van der Waals surface area contributed by atoms with Gasteiger partial charge in [-0.15, -0.1) is 0 Å². The molecule has 0 spiro atoms. The Kier molecular flexibility index (Phi) is 4.70. The summed E-state index contributed by atoms with van der Waals surface area (Å²) in [5.74, 6) is 0.0763. The second-order valence-electron chi connectivity index (χ2n) is 4.45. The third-order valence-electron chi connectivity index (χ3n) is 3.54. The van der Waals surface area contributed by atoms with Crippen LogP contribution >= 0.6 is 7.60 Å². The van der Waals surface area contributed by atoms with Gasteiger partial charge in [0.2, 0.25) is 0 Å². The maximum atomic E-state index is 12.4. The van der Waals surface area contributed by atoms with Gasteiger partial charge in [0, 0.05) is 31.9 Å². The van der Waals surface area contributed by atoms with Crippen LogP contribution in [-0.2, 0) is 18.4 Å². The van der Waals surface area contributed by atoms with Crippen LogP contribution in [0.15, 0.2) is 10.9 Å². The van der Waals surface area contributed by atoms with Crippen molar-refractivity contribution in [2.24, 2.45) is 11.8 Å². The molecule has 1 aliphatic carbocycles. The van der Waals surface area contributed by atoms with E-state index in [0.29, 0.717) is 18.2 Å². The first kappa shape index (κ1) is 14.6. The van der Waals surface area contributed by atoms with E-state index in [1.165, 1.54) is 14.2 Å². The van der Waals surface area contributed by atoms with Gasteiger partial charge in [0.05, 0.1) is 0 Å². The highest BCUT2D eigenvalue weighted by atomic mass is 31.2. The molecular formula is C12H21O4P. The molecule has 0 aromatic heterocycles. The molecule has 2 atom stereocenters. The highest BCUT2D eigenvalue weighted by molar-refractivity contribution is 7.58. The van der Waals surface area contributed by atoms with Crippen LogP contribution in [0, 0.1) is 11.8 Å². The Hall–Kier alpha value is -0.440. The van der Waals surface area contributed by atoms with E-state index >= 15 is 0 Å². The zero-order valence-corrected chi connectivity index (χ0v) is 12.0. The Labute approximate surface area is 103 Å². The molecule has 98 valence electrons. The Bertz CT molecular complexity index is 378. The van der Waals surface area contributed by atoms with Gasteiger partial charge in [0.1, 0.15) is 5.78 Å². The van der Waals surface area contributed by atoms with Gasteiger partial charge in [0.15, 0.2) is 0 Å². The number of ketones is 1. The summed E-state index contributed by atoms with van der Waals surface area (Å²) in [7, 11) is -0.439. The molecular weight excluding hydrogens is 239 g/mol. The number of allylic oxidation sites excluding steroid dienone is 2. The van der Waals surface area contributed by atoms with E-state index in [2.05, 4.69) is 0 Å². The van der Waals surface area contributed by atoms with E-state index in [9.17, 15) is 9.36 Å². The van der Waals surface area contributed by atoms with Gasteiger partial charge >= 0.3 is 7.60 Å². The standard InChI is InChI=1S/C12H21O4P/c1-6-11(13)10-7-8(2)12(9(10)3)17(14,15-4)16-5/h9-10H,6-7H2,1-5H3/t9-,10+/m1/s1. The monoisotopic (exact) mass is 260 g/mol. The van der Waals surface area contributed by atoms with Crippen molar-refractivity contribution in [3.05, 3.63) is 10.9 Å². The zero-order valence-electron chi connectivity index (χ0n) is 11.1. The lowest BCUT2D eigenvalue weighted by Gasteiger charge is -2.22. The fourth-order valence-corrected chi connectivity index (χ4v) is 4.38. The molecule has 0 aromatic rings. The lowest BCUT2D eigenvalue weighted by molar-refractivity contribution is -0.123. The van der Waals surface area contributed by atoms with Gasteiger partial charge in [-0.2, -0.15) is 0 Å². The number of hydrogen-bond donors (Lipinski definition) is 0. The van der Waals surface area contributed by atoms with Gasteiger partial charge in [-0.3, -0.25) is 9.36 Å². The van der Waals surface area contributed by atoms with Crippen molar-refractivity contribution in [1.82, 2.24) is 0 Å². The first-order valence-electron chi connectivity index (χ1n) is 5.85. The van der Waals surface area contributed by atoms with Crippen molar-refractivity contribution >= 4 is 13.4 Å². The van der Waals surface area contributed by atoms with Crippen molar-refractivity contribution in [3.8, 4) is 0 Å². The molecule has 17 heavy (non-hydrogen) atoms. The maximum absolute atomic E-state index is 12.4. The van der Waals surface area contributed by atoms with Gasteiger partial charge in [-0.1, -0.05) is 19.4 Å². The fraction of sp³-hybridized carbons (Fsp3) is 0.750. The topological polar surface area (TPSA) is 52.6 Å². The summed E-state index contributed by atoms with van der Waals surface area (Å²) in [4.78, 5) is 11.8. The highest BCUT2D eigenvalue weighted by Crippen LogP contribution is 2.63. The normalized spacial score (nSPS) is 25.5. The summed E-state index contributed by atoms with van der Waals surface area (Å²) < 4.78 is 22.5. The van der Waals surface area contributed by atoms with Crippen molar-refractivity contribution in [2.75, 3.05) is 14.2 Å². The molecule has 0 aliphatic heterocycles. The van der Waals surface area contributed by atoms with E-state index in [1.807, 2.05) is 20.8 Å². The van der Waals surface area contributed by atoms with Crippen molar-refractivity contribution < 1.29 is 18.4 Å². The van der Waals surface area contributed by atoms with E-state index in [1.54, 1.807) is 0 Å². The summed E-state index contributed by atoms with van der Waals surface area (Å²) >= 11 is 0. The molecule has 0 aromatic carbocycles. The number of hydrogen-bond acceptors (Lipinski definition) is 4. The van der Waals surface area contributed by atoms with Gasteiger partial charge in [0.25, 0.3) is 0 Å². The second kappa shape index (κ2) is 5.47. The Morgan fingerprint density at radius 2 is 1.94 bits per heavy atom. The van der Waals surface area contributed by atoms with Gasteiger partial charge in [-0.25, -0.2) is 0 Å². The highest BCUT2D eigenvalue weighted by Gasteiger charge is 2.43. The molecule has 0 heterocycles. The Morgan fingerprint density at radius 1 is 1.41 bits per heavy atom. The van der Waals surface area contributed by atoms with Gasteiger partial charge < -0.3 is 9.05 Å². The van der Waals surface area contributed by atoms with Crippen LogP contribution in [0.1, 0.15) is 33.6 Å². The van der Waals surface area contributed by atoms with Crippen LogP contribution in [-0.4, -0.2) is 20.0 Å². The molecule has 0 radical (unpaired) electrons. The van der Waals surface area contributed by atoms with E-state index in [-0.39, 0.29) is 17.6 Å². The van der Waals surface area contributed by atoms with Crippen LogP contribution < -0.4 is 0 Å². The quantitative estimate of drug-likeness (QED) is 0.711. The molecule has 0 bridgehead atoms. The molecule has 0 fully saturated rings. The van der Waals surface area contributed by atoms with Crippen LogP contribution in [0.2, 0.25) is 0 Å². The minimum Gasteiger partial charge on any atom is -0.309 e. The lowest BCUT2D eigenvalue weighted by atomic mass is 9.91. The minimum atomic E-state index is -3.20. The fourth-order valence-electron chi connectivity index (χ4n) is 2.60. The molecule has 0 saturated carbocycles. The summed E-state index contributed by atoms with van der Waals surface area (Å²) in [6, 6.07) is 0. The number of carbonyl (C=O) groups excluding carboxylic acids is 1. The summed E-state index contributed by atoms with van der Waals surface area (Å²) in [6.07, 6.45) is 1.18. The minimum absolute atomic E-state index is 0.0619. The first-order chi connectivity index (χ1) is 7.91. The Morgan fingerprint density at radius 3 is 2.35 bits per heavy atom. The van der Waals surface area contributed by atoms with E-state index in [0.717, 1.165) is 5.57 Å². The molecule has 1 rings (SSSR count). The predicted octanol–water partition coefficient (Wildman–Crippen LogP) is 3.38. The summed E-state index contributed by atoms with van der Waals surface area (Å²) in [6.45, 7) is 5.68. The maximum Gasteiger partial charge on any atom is 0.357 e. The molecule has 0 saturated heterocycles.